The van der Waals surface area contributed by atoms with Gasteiger partial charge in [0.1, 0.15) is 0 Å². The molecule has 0 spiro atoms. The SMILES string of the molecule is Nc1ccc2nccc(Sc3ccc(N4Cc5ccccc5C(c5ccccc5)=N4)cc3)c2c1. The Bertz CT molecular complexity index is 1510. The van der Waals surface area contributed by atoms with Crippen molar-refractivity contribution in [2.45, 2.75) is 16.3 Å². The number of pyridine rings is 1. The number of anilines is 2. The fourth-order valence-electron chi connectivity index (χ4n) is 4.26. The van der Waals surface area contributed by atoms with E-state index in [0.29, 0.717) is 0 Å². The van der Waals surface area contributed by atoms with Gasteiger partial charge in [-0.3, -0.25) is 9.99 Å². The molecule has 0 atom stereocenters. The van der Waals surface area contributed by atoms with E-state index in [0.717, 1.165) is 49.9 Å². The molecule has 164 valence electrons. The van der Waals surface area contributed by atoms with Crippen molar-refractivity contribution in [3.05, 3.63) is 126 Å². The molecule has 2 heterocycles. The van der Waals surface area contributed by atoms with Gasteiger partial charge in [0.2, 0.25) is 0 Å². The summed E-state index contributed by atoms with van der Waals surface area (Å²) in [6.07, 6.45) is 1.85. The van der Waals surface area contributed by atoms with Crippen LogP contribution in [0.4, 0.5) is 11.4 Å². The Kier molecular flexibility index (Phi) is 5.24. The second kappa shape index (κ2) is 8.69. The molecule has 5 heteroatoms. The predicted octanol–water partition coefficient (Wildman–Crippen LogP) is 6.74. The lowest BCUT2D eigenvalue weighted by molar-refractivity contribution is 0.836. The van der Waals surface area contributed by atoms with Gasteiger partial charge < -0.3 is 5.73 Å². The molecular formula is C29H22N4S. The fourth-order valence-corrected chi connectivity index (χ4v) is 5.19. The summed E-state index contributed by atoms with van der Waals surface area (Å²) in [7, 11) is 0. The number of fused-ring (bicyclic) bond motifs is 2. The van der Waals surface area contributed by atoms with Gasteiger partial charge in [0, 0.05) is 38.2 Å². The van der Waals surface area contributed by atoms with Gasteiger partial charge in [-0.05, 0) is 54.1 Å². The summed E-state index contributed by atoms with van der Waals surface area (Å²) < 4.78 is 0. The molecule has 5 aromatic rings. The van der Waals surface area contributed by atoms with Crippen molar-refractivity contribution in [3.63, 3.8) is 0 Å². The van der Waals surface area contributed by atoms with E-state index in [4.69, 9.17) is 10.8 Å². The number of hydrogen-bond acceptors (Lipinski definition) is 5. The monoisotopic (exact) mass is 458 g/mol. The highest BCUT2D eigenvalue weighted by molar-refractivity contribution is 7.99. The molecule has 1 aromatic heterocycles. The Morgan fingerprint density at radius 1 is 0.794 bits per heavy atom. The first-order valence-electron chi connectivity index (χ1n) is 11.2. The van der Waals surface area contributed by atoms with Crippen LogP contribution in [0.15, 0.2) is 124 Å². The Morgan fingerprint density at radius 2 is 1.59 bits per heavy atom. The molecule has 0 unspecified atom stereocenters. The summed E-state index contributed by atoms with van der Waals surface area (Å²) in [4.78, 5) is 6.76. The molecule has 0 amide bonds. The molecular weight excluding hydrogens is 436 g/mol. The molecule has 34 heavy (non-hydrogen) atoms. The number of rotatable bonds is 4. The van der Waals surface area contributed by atoms with E-state index in [-0.39, 0.29) is 0 Å². The van der Waals surface area contributed by atoms with Crippen molar-refractivity contribution in [1.29, 1.82) is 0 Å². The summed E-state index contributed by atoms with van der Waals surface area (Å²) in [6, 6.07) is 35.4. The zero-order chi connectivity index (χ0) is 22.9. The molecule has 0 saturated heterocycles. The van der Waals surface area contributed by atoms with Crippen LogP contribution in [0.25, 0.3) is 10.9 Å². The minimum Gasteiger partial charge on any atom is -0.399 e. The molecule has 0 fully saturated rings. The van der Waals surface area contributed by atoms with Crippen molar-refractivity contribution >= 4 is 39.8 Å². The van der Waals surface area contributed by atoms with Crippen molar-refractivity contribution in [3.8, 4) is 0 Å². The molecule has 0 saturated carbocycles. The quantitative estimate of drug-likeness (QED) is 0.303. The topological polar surface area (TPSA) is 54.5 Å². The third-order valence-corrected chi connectivity index (χ3v) is 7.03. The number of hydrogen-bond donors (Lipinski definition) is 1. The van der Waals surface area contributed by atoms with Gasteiger partial charge >= 0.3 is 0 Å². The highest BCUT2D eigenvalue weighted by Gasteiger charge is 2.21. The minimum absolute atomic E-state index is 0.743. The molecule has 1 aliphatic heterocycles. The summed E-state index contributed by atoms with van der Waals surface area (Å²) in [6.45, 7) is 0.743. The average Bonchev–Trinajstić information content (AvgIpc) is 2.89. The number of nitrogens with zero attached hydrogens (tertiary/aromatic N) is 3. The predicted molar refractivity (Wildman–Crippen MR) is 141 cm³/mol. The molecule has 0 bridgehead atoms. The van der Waals surface area contributed by atoms with E-state index in [2.05, 4.69) is 82.8 Å². The van der Waals surface area contributed by atoms with E-state index in [1.54, 1.807) is 11.8 Å². The van der Waals surface area contributed by atoms with Crippen LogP contribution in [0.1, 0.15) is 16.7 Å². The van der Waals surface area contributed by atoms with Crippen LogP contribution in [0.3, 0.4) is 0 Å². The molecule has 0 aliphatic carbocycles. The van der Waals surface area contributed by atoms with E-state index < -0.39 is 0 Å². The average molecular weight is 459 g/mol. The van der Waals surface area contributed by atoms with Crippen LogP contribution in [-0.4, -0.2) is 10.7 Å². The number of aromatic nitrogens is 1. The maximum absolute atomic E-state index is 6.02. The molecule has 4 aromatic carbocycles. The first-order valence-corrected chi connectivity index (χ1v) is 12.0. The Morgan fingerprint density at radius 3 is 2.44 bits per heavy atom. The van der Waals surface area contributed by atoms with Gasteiger partial charge in [-0.2, -0.15) is 5.10 Å². The van der Waals surface area contributed by atoms with Crippen molar-refractivity contribution in [1.82, 2.24) is 4.98 Å². The first-order chi connectivity index (χ1) is 16.7. The van der Waals surface area contributed by atoms with Gasteiger partial charge in [-0.25, -0.2) is 0 Å². The van der Waals surface area contributed by atoms with Crippen LogP contribution in [-0.2, 0) is 6.54 Å². The normalized spacial score (nSPS) is 12.9. The minimum atomic E-state index is 0.743. The molecule has 4 nitrogen and oxygen atoms in total. The second-order valence-electron chi connectivity index (χ2n) is 8.21. The van der Waals surface area contributed by atoms with E-state index in [9.17, 15) is 0 Å². The summed E-state index contributed by atoms with van der Waals surface area (Å²) in [5.41, 5.74) is 13.4. The third kappa shape index (κ3) is 3.91. The summed E-state index contributed by atoms with van der Waals surface area (Å²) >= 11 is 1.72. The molecule has 1 aliphatic rings. The molecule has 2 N–H and O–H groups in total. The van der Waals surface area contributed by atoms with E-state index >= 15 is 0 Å². The van der Waals surface area contributed by atoms with Crippen LogP contribution in [0.5, 0.6) is 0 Å². The lowest BCUT2D eigenvalue weighted by Gasteiger charge is -2.28. The fraction of sp³-hybridized carbons (Fsp3) is 0.0345. The van der Waals surface area contributed by atoms with Gasteiger partial charge in [0.15, 0.2) is 0 Å². The van der Waals surface area contributed by atoms with Crippen LogP contribution < -0.4 is 10.7 Å². The Labute approximate surface area is 202 Å². The maximum atomic E-state index is 6.02. The standard InChI is InChI=1S/C29H22N4S/c30-22-10-15-27-26(18-22)28(16-17-31-27)34-24-13-11-23(12-14-24)33-19-21-8-4-5-9-25(21)29(32-33)20-6-2-1-3-7-20/h1-18H,19,30H2. The molecule has 6 rings (SSSR count). The van der Waals surface area contributed by atoms with E-state index in [1.807, 2.05) is 36.5 Å². The van der Waals surface area contributed by atoms with Crippen molar-refractivity contribution in [2.24, 2.45) is 5.10 Å². The van der Waals surface area contributed by atoms with Crippen molar-refractivity contribution in [2.75, 3.05) is 10.7 Å². The van der Waals surface area contributed by atoms with Gasteiger partial charge in [0.25, 0.3) is 0 Å². The van der Waals surface area contributed by atoms with Crippen LogP contribution >= 0.6 is 11.8 Å². The number of nitrogens with two attached hydrogens (primary N) is 1. The largest absolute Gasteiger partial charge is 0.399 e. The lowest BCUT2D eigenvalue weighted by Crippen LogP contribution is -2.26. The van der Waals surface area contributed by atoms with E-state index in [1.165, 1.54) is 11.1 Å². The Hall–Kier alpha value is -4.09. The third-order valence-electron chi connectivity index (χ3n) is 5.95. The molecule has 0 radical (unpaired) electrons. The number of hydrazone groups is 1. The highest BCUT2D eigenvalue weighted by atomic mass is 32.2. The smallest absolute Gasteiger partial charge is 0.0984 e. The van der Waals surface area contributed by atoms with Crippen molar-refractivity contribution < 1.29 is 0 Å². The maximum Gasteiger partial charge on any atom is 0.0984 e. The zero-order valence-corrected chi connectivity index (χ0v) is 19.2. The van der Waals surface area contributed by atoms with Gasteiger partial charge in [-0.15, -0.1) is 0 Å². The van der Waals surface area contributed by atoms with Crippen LogP contribution in [0, 0.1) is 0 Å². The first kappa shape index (κ1) is 20.5. The number of benzene rings is 4. The van der Waals surface area contributed by atoms with Gasteiger partial charge in [-0.1, -0.05) is 66.4 Å². The van der Waals surface area contributed by atoms with Gasteiger partial charge in [0.05, 0.1) is 23.5 Å². The second-order valence-corrected chi connectivity index (χ2v) is 9.33. The Balaban J connectivity index is 1.31. The lowest BCUT2D eigenvalue weighted by atomic mass is 9.96. The number of nitrogen functional groups attached to an aromatic ring is 1. The summed E-state index contributed by atoms with van der Waals surface area (Å²) in [5, 5.41) is 8.20. The zero-order valence-electron chi connectivity index (χ0n) is 18.4. The van der Waals surface area contributed by atoms with Crippen LogP contribution in [0.2, 0.25) is 0 Å². The highest BCUT2D eigenvalue weighted by Crippen LogP contribution is 2.35. The summed E-state index contributed by atoms with van der Waals surface area (Å²) in [5.74, 6) is 0.